The fraction of sp³-hybridized carbons (Fsp3) is 0. The fourth-order valence-corrected chi connectivity index (χ4v) is 3.20. The summed E-state index contributed by atoms with van der Waals surface area (Å²) < 4.78 is 24.6. The number of carbonyl (C=O) groups is 2. The monoisotopic (exact) mass is 347 g/mol. The molecule has 1 heterocycles. The molecule has 1 N–H and O–H groups in total. The van der Waals surface area contributed by atoms with Crippen molar-refractivity contribution in [2.75, 3.05) is 0 Å². The zero-order valence-electron chi connectivity index (χ0n) is 11.9. The summed E-state index contributed by atoms with van der Waals surface area (Å²) in [6.07, 6.45) is 0. The number of nitro benzene ring substituents is 1. The number of nitrogens with one attached hydrogen (secondary N) is 1. The number of rotatable bonds is 4. The molecule has 2 amide bonds. The Hall–Kier alpha value is -3.11. The summed E-state index contributed by atoms with van der Waals surface area (Å²) in [6, 6.07) is 9.98. The molecular formula is C14H9N3O6S. The first-order valence-corrected chi connectivity index (χ1v) is 8.04. The number of sulfonamides is 1. The van der Waals surface area contributed by atoms with Crippen LogP contribution in [-0.2, 0) is 10.0 Å². The minimum atomic E-state index is -4.26. The second-order valence-corrected chi connectivity index (χ2v) is 6.50. The third-order valence-electron chi connectivity index (χ3n) is 3.36. The molecular weight excluding hydrogens is 338 g/mol. The normalized spacial score (nSPS) is 13.9. The lowest BCUT2D eigenvalue weighted by molar-refractivity contribution is -0.384. The number of carbonyl (C=O) groups excluding carboxylic acids is 2. The van der Waals surface area contributed by atoms with Crippen molar-refractivity contribution in [3.05, 3.63) is 69.8 Å². The highest BCUT2D eigenvalue weighted by Gasteiger charge is 2.38. The van der Waals surface area contributed by atoms with E-state index >= 15 is 0 Å². The van der Waals surface area contributed by atoms with Gasteiger partial charge in [0.15, 0.2) is 0 Å². The van der Waals surface area contributed by atoms with E-state index < -0.39 is 26.8 Å². The van der Waals surface area contributed by atoms with Gasteiger partial charge < -0.3 is 0 Å². The van der Waals surface area contributed by atoms with Gasteiger partial charge in [-0.1, -0.05) is 12.1 Å². The molecule has 24 heavy (non-hydrogen) atoms. The van der Waals surface area contributed by atoms with Gasteiger partial charge >= 0.3 is 0 Å². The van der Waals surface area contributed by atoms with Crippen LogP contribution in [0.3, 0.4) is 0 Å². The standard InChI is InChI=1S/C14H9N3O6S/c18-13-11-3-1-2-4-12(11)14(19)16(13)15-24(22,23)10-7-5-9(6-8-10)17(20)21/h1-8,15H. The molecule has 0 atom stereocenters. The van der Waals surface area contributed by atoms with Crippen molar-refractivity contribution in [2.24, 2.45) is 0 Å². The molecule has 2 aromatic carbocycles. The summed E-state index contributed by atoms with van der Waals surface area (Å²) >= 11 is 0. The maximum absolute atomic E-state index is 12.3. The van der Waals surface area contributed by atoms with E-state index in [4.69, 9.17) is 0 Å². The lowest BCUT2D eigenvalue weighted by Gasteiger charge is -2.15. The Morgan fingerprint density at radius 2 is 1.42 bits per heavy atom. The highest BCUT2D eigenvalue weighted by atomic mass is 32.2. The van der Waals surface area contributed by atoms with E-state index in [0.717, 1.165) is 24.3 Å². The van der Waals surface area contributed by atoms with Gasteiger partial charge in [-0.15, -0.1) is 4.83 Å². The van der Waals surface area contributed by atoms with Crippen molar-refractivity contribution in [1.82, 2.24) is 9.84 Å². The summed E-state index contributed by atoms with van der Waals surface area (Å²) in [6.45, 7) is 0. The summed E-state index contributed by atoms with van der Waals surface area (Å²) in [5.41, 5.74) is -0.0996. The molecule has 0 radical (unpaired) electrons. The highest BCUT2D eigenvalue weighted by molar-refractivity contribution is 7.89. The molecule has 0 aromatic heterocycles. The molecule has 0 saturated heterocycles. The van der Waals surface area contributed by atoms with Gasteiger partial charge in [-0.05, 0) is 24.3 Å². The molecule has 1 aliphatic rings. The van der Waals surface area contributed by atoms with Crippen LogP contribution in [0.15, 0.2) is 53.4 Å². The van der Waals surface area contributed by atoms with Crippen molar-refractivity contribution in [3.8, 4) is 0 Å². The zero-order chi connectivity index (χ0) is 17.5. The van der Waals surface area contributed by atoms with Gasteiger partial charge in [0.05, 0.1) is 20.9 Å². The smallest absolute Gasteiger partial charge is 0.267 e. The molecule has 0 saturated carbocycles. The van der Waals surface area contributed by atoms with Gasteiger partial charge in [0.1, 0.15) is 0 Å². The Labute approximate surface area is 135 Å². The highest BCUT2D eigenvalue weighted by Crippen LogP contribution is 2.22. The van der Waals surface area contributed by atoms with Crippen molar-refractivity contribution >= 4 is 27.5 Å². The number of hydrazine groups is 1. The van der Waals surface area contributed by atoms with Crippen LogP contribution in [0.4, 0.5) is 5.69 Å². The Morgan fingerprint density at radius 3 is 1.88 bits per heavy atom. The third kappa shape index (κ3) is 2.53. The van der Waals surface area contributed by atoms with Crippen LogP contribution in [-0.4, -0.2) is 30.2 Å². The molecule has 0 aliphatic carbocycles. The first-order valence-electron chi connectivity index (χ1n) is 6.56. The second kappa shape index (κ2) is 5.51. The molecule has 3 rings (SSSR count). The number of nitro groups is 1. The van der Waals surface area contributed by atoms with Crippen LogP contribution < -0.4 is 4.83 Å². The maximum atomic E-state index is 12.3. The van der Waals surface area contributed by atoms with Crippen LogP contribution in [0, 0.1) is 10.1 Å². The molecule has 0 fully saturated rings. The quantitative estimate of drug-likeness (QED) is 0.501. The predicted molar refractivity (Wildman–Crippen MR) is 80.4 cm³/mol. The summed E-state index contributed by atoms with van der Waals surface area (Å²) in [5, 5.41) is 11.0. The van der Waals surface area contributed by atoms with Crippen LogP contribution >= 0.6 is 0 Å². The number of benzene rings is 2. The van der Waals surface area contributed by atoms with Crippen LogP contribution in [0.2, 0.25) is 0 Å². The molecule has 9 nitrogen and oxygen atoms in total. The average molecular weight is 347 g/mol. The van der Waals surface area contributed by atoms with Gasteiger partial charge in [0.25, 0.3) is 27.5 Å². The number of imide groups is 1. The SMILES string of the molecule is O=C1c2ccccc2C(=O)N1NS(=O)(=O)c1ccc([N+](=O)[O-])cc1. The van der Waals surface area contributed by atoms with Crippen molar-refractivity contribution < 1.29 is 22.9 Å². The minimum absolute atomic E-state index is 0.0916. The summed E-state index contributed by atoms with van der Waals surface area (Å²) in [4.78, 5) is 35.8. The Kier molecular flexibility index (Phi) is 3.62. The number of hydrogen-bond donors (Lipinski definition) is 1. The lowest BCUT2D eigenvalue weighted by Crippen LogP contribution is -2.45. The zero-order valence-corrected chi connectivity index (χ0v) is 12.7. The van der Waals surface area contributed by atoms with Crippen molar-refractivity contribution in [2.45, 2.75) is 4.90 Å². The van der Waals surface area contributed by atoms with E-state index in [1.807, 2.05) is 4.83 Å². The van der Waals surface area contributed by atoms with E-state index in [-0.39, 0.29) is 21.7 Å². The Morgan fingerprint density at radius 1 is 0.917 bits per heavy atom. The Balaban J connectivity index is 1.89. The first-order chi connectivity index (χ1) is 11.3. The van der Waals surface area contributed by atoms with Gasteiger partial charge in [0, 0.05) is 12.1 Å². The number of amides is 2. The van der Waals surface area contributed by atoms with Crippen molar-refractivity contribution in [1.29, 1.82) is 0 Å². The molecule has 0 unspecified atom stereocenters. The van der Waals surface area contributed by atoms with Crippen LogP contribution in [0.25, 0.3) is 0 Å². The van der Waals surface area contributed by atoms with E-state index in [2.05, 4.69) is 0 Å². The van der Waals surface area contributed by atoms with Crippen LogP contribution in [0.5, 0.6) is 0 Å². The minimum Gasteiger partial charge on any atom is -0.267 e. The van der Waals surface area contributed by atoms with Gasteiger partial charge in [-0.2, -0.15) is 5.01 Å². The third-order valence-corrected chi connectivity index (χ3v) is 4.68. The van der Waals surface area contributed by atoms with Gasteiger partial charge in [0.2, 0.25) is 0 Å². The molecule has 122 valence electrons. The van der Waals surface area contributed by atoms with Crippen molar-refractivity contribution in [3.63, 3.8) is 0 Å². The summed E-state index contributed by atoms with van der Waals surface area (Å²) in [7, 11) is -4.26. The maximum Gasteiger partial charge on any atom is 0.277 e. The Bertz CT molecular complexity index is 933. The lowest BCUT2D eigenvalue weighted by atomic mass is 10.1. The van der Waals surface area contributed by atoms with Crippen LogP contribution in [0.1, 0.15) is 20.7 Å². The van der Waals surface area contributed by atoms with E-state index in [1.165, 1.54) is 12.1 Å². The number of hydrogen-bond acceptors (Lipinski definition) is 6. The predicted octanol–water partition coefficient (Wildman–Crippen LogP) is 1.08. The van der Waals surface area contributed by atoms with E-state index in [1.54, 1.807) is 12.1 Å². The molecule has 0 spiro atoms. The van der Waals surface area contributed by atoms with Gasteiger partial charge in [-0.25, -0.2) is 8.42 Å². The molecule has 1 aliphatic heterocycles. The number of non-ortho nitro benzene ring substituents is 1. The molecule has 10 heteroatoms. The first kappa shape index (κ1) is 15.8. The largest absolute Gasteiger partial charge is 0.277 e. The molecule has 0 bridgehead atoms. The molecule has 2 aromatic rings. The second-order valence-electron chi connectivity index (χ2n) is 4.84. The summed E-state index contributed by atoms with van der Waals surface area (Å²) in [5.74, 6) is -1.58. The number of fused-ring (bicyclic) bond motifs is 1. The topological polar surface area (TPSA) is 127 Å². The van der Waals surface area contributed by atoms with E-state index in [9.17, 15) is 28.1 Å². The fourth-order valence-electron chi connectivity index (χ4n) is 2.19. The average Bonchev–Trinajstić information content (AvgIpc) is 2.80. The van der Waals surface area contributed by atoms with Gasteiger partial charge in [-0.3, -0.25) is 19.7 Å². The van der Waals surface area contributed by atoms with E-state index in [0.29, 0.717) is 5.01 Å². The number of nitrogens with zero attached hydrogens (tertiary/aromatic N) is 2.